The van der Waals surface area contributed by atoms with E-state index in [1.807, 2.05) is 0 Å². The van der Waals surface area contributed by atoms with E-state index in [-0.39, 0.29) is 18.2 Å². The lowest BCUT2D eigenvalue weighted by atomic mass is 10.2. The molecule has 0 aliphatic rings. The first-order chi connectivity index (χ1) is 8.51. The number of hydrogen-bond acceptors (Lipinski definition) is 3. The molecule has 0 heterocycles. The fourth-order valence-corrected chi connectivity index (χ4v) is 1.37. The standard InChI is InChI=1S/C13H18N2O3/c1-3-12(17)14-10-4-6-11(7-5-10)15-13(18)8-9(2)16/h4-7,9,16H,3,8H2,1-2H3,(H,14,17)(H,15,18). The number of aliphatic hydroxyl groups is 1. The summed E-state index contributed by atoms with van der Waals surface area (Å²) in [5.74, 6) is -0.295. The number of benzene rings is 1. The first-order valence-corrected chi connectivity index (χ1v) is 5.89. The Morgan fingerprint density at radius 1 is 1.11 bits per heavy atom. The zero-order chi connectivity index (χ0) is 13.5. The molecule has 1 unspecified atom stereocenters. The highest BCUT2D eigenvalue weighted by atomic mass is 16.3. The maximum atomic E-state index is 11.4. The first kappa shape index (κ1) is 14.2. The van der Waals surface area contributed by atoms with E-state index in [1.54, 1.807) is 38.1 Å². The van der Waals surface area contributed by atoms with Crippen LogP contribution in [0.2, 0.25) is 0 Å². The molecule has 0 bridgehead atoms. The molecule has 2 amide bonds. The highest BCUT2D eigenvalue weighted by Crippen LogP contribution is 2.14. The van der Waals surface area contributed by atoms with Crippen molar-refractivity contribution in [2.75, 3.05) is 10.6 Å². The van der Waals surface area contributed by atoms with Crippen molar-refractivity contribution in [1.82, 2.24) is 0 Å². The first-order valence-electron chi connectivity index (χ1n) is 5.89. The molecule has 0 spiro atoms. The second-order valence-electron chi connectivity index (χ2n) is 4.08. The Hall–Kier alpha value is -1.88. The molecule has 3 N–H and O–H groups in total. The number of nitrogens with one attached hydrogen (secondary N) is 2. The molecule has 0 saturated heterocycles. The summed E-state index contributed by atoms with van der Waals surface area (Å²) in [5.41, 5.74) is 1.32. The molecule has 0 fully saturated rings. The Bertz CT molecular complexity index is 413. The molecule has 1 aromatic rings. The van der Waals surface area contributed by atoms with Crippen molar-refractivity contribution in [2.24, 2.45) is 0 Å². The second-order valence-corrected chi connectivity index (χ2v) is 4.08. The van der Waals surface area contributed by atoms with E-state index in [4.69, 9.17) is 5.11 Å². The Labute approximate surface area is 106 Å². The summed E-state index contributed by atoms with van der Waals surface area (Å²) < 4.78 is 0. The van der Waals surface area contributed by atoms with Gasteiger partial charge in [0.05, 0.1) is 12.5 Å². The lowest BCUT2D eigenvalue weighted by Crippen LogP contribution is -2.17. The minimum atomic E-state index is -0.659. The summed E-state index contributed by atoms with van der Waals surface area (Å²) >= 11 is 0. The van der Waals surface area contributed by atoms with E-state index in [0.717, 1.165) is 0 Å². The zero-order valence-corrected chi connectivity index (χ0v) is 10.6. The quantitative estimate of drug-likeness (QED) is 0.745. The lowest BCUT2D eigenvalue weighted by Gasteiger charge is -2.08. The molecule has 0 aliphatic heterocycles. The van der Waals surface area contributed by atoms with Gasteiger partial charge in [0.25, 0.3) is 0 Å². The van der Waals surface area contributed by atoms with Gasteiger partial charge in [-0.25, -0.2) is 0 Å². The van der Waals surface area contributed by atoms with Crippen molar-refractivity contribution in [3.63, 3.8) is 0 Å². The van der Waals surface area contributed by atoms with E-state index < -0.39 is 6.10 Å². The van der Waals surface area contributed by atoms with Crippen molar-refractivity contribution in [3.05, 3.63) is 24.3 Å². The number of anilines is 2. The number of carbonyl (C=O) groups excluding carboxylic acids is 2. The van der Waals surface area contributed by atoms with Gasteiger partial charge < -0.3 is 15.7 Å². The molecule has 0 saturated carbocycles. The number of amides is 2. The molecular weight excluding hydrogens is 232 g/mol. The third-order valence-corrected chi connectivity index (χ3v) is 2.25. The largest absolute Gasteiger partial charge is 0.393 e. The summed E-state index contributed by atoms with van der Waals surface area (Å²) in [5, 5.41) is 14.4. The molecule has 5 heteroatoms. The van der Waals surface area contributed by atoms with Gasteiger partial charge in [-0.05, 0) is 31.2 Å². The molecule has 18 heavy (non-hydrogen) atoms. The fourth-order valence-electron chi connectivity index (χ4n) is 1.37. The van der Waals surface area contributed by atoms with Crippen LogP contribution in [-0.2, 0) is 9.59 Å². The Kier molecular flexibility index (Phi) is 5.32. The van der Waals surface area contributed by atoms with Crippen LogP contribution in [0.4, 0.5) is 11.4 Å². The Morgan fingerprint density at radius 3 is 1.94 bits per heavy atom. The normalized spacial score (nSPS) is 11.7. The van der Waals surface area contributed by atoms with Crippen LogP contribution in [-0.4, -0.2) is 23.0 Å². The van der Waals surface area contributed by atoms with Crippen LogP contribution in [0.5, 0.6) is 0 Å². The van der Waals surface area contributed by atoms with Gasteiger partial charge in [0.15, 0.2) is 0 Å². The molecule has 1 rings (SSSR count). The third kappa shape index (κ3) is 4.97. The summed E-state index contributed by atoms with van der Waals surface area (Å²) in [4.78, 5) is 22.5. The van der Waals surface area contributed by atoms with E-state index in [2.05, 4.69) is 10.6 Å². The van der Waals surface area contributed by atoms with Crippen LogP contribution >= 0.6 is 0 Å². The minimum absolute atomic E-state index is 0.0547. The van der Waals surface area contributed by atoms with Crippen molar-refractivity contribution in [2.45, 2.75) is 32.8 Å². The van der Waals surface area contributed by atoms with Crippen LogP contribution in [0.3, 0.4) is 0 Å². The van der Waals surface area contributed by atoms with Gasteiger partial charge in [0.1, 0.15) is 0 Å². The van der Waals surface area contributed by atoms with Gasteiger partial charge in [-0.1, -0.05) is 6.92 Å². The van der Waals surface area contributed by atoms with Gasteiger partial charge in [-0.15, -0.1) is 0 Å². The van der Waals surface area contributed by atoms with Crippen molar-refractivity contribution in [1.29, 1.82) is 0 Å². The van der Waals surface area contributed by atoms with Gasteiger partial charge in [-0.2, -0.15) is 0 Å². The lowest BCUT2D eigenvalue weighted by molar-refractivity contribution is -0.118. The number of aliphatic hydroxyl groups excluding tert-OH is 1. The van der Waals surface area contributed by atoms with Crippen molar-refractivity contribution >= 4 is 23.2 Å². The molecule has 0 aromatic heterocycles. The van der Waals surface area contributed by atoms with Gasteiger partial charge in [0, 0.05) is 17.8 Å². The topological polar surface area (TPSA) is 78.4 Å². The van der Waals surface area contributed by atoms with E-state index in [1.165, 1.54) is 0 Å². The molecule has 0 aliphatic carbocycles. The van der Waals surface area contributed by atoms with Gasteiger partial charge in [-0.3, -0.25) is 9.59 Å². The molecule has 5 nitrogen and oxygen atoms in total. The van der Waals surface area contributed by atoms with E-state index in [9.17, 15) is 9.59 Å². The smallest absolute Gasteiger partial charge is 0.226 e. The van der Waals surface area contributed by atoms with Crippen molar-refractivity contribution in [3.8, 4) is 0 Å². The number of carbonyl (C=O) groups is 2. The molecule has 98 valence electrons. The Balaban J connectivity index is 2.55. The average Bonchev–Trinajstić information content (AvgIpc) is 2.30. The van der Waals surface area contributed by atoms with Gasteiger partial charge in [0.2, 0.25) is 11.8 Å². The monoisotopic (exact) mass is 250 g/mol. The SMILES string of the molecule is CCC(=O)Nc1ccc(NC(=O)CC(C)O)cc1. The maximum Gasteiger partial charge on any atom is 0.226 e. The summed E-state index contributed by atoms with van der Waals surface area (Å²) in [7, 11) is 0. The van der Waals surface area contributed by atoms with E-state index in [0.29, 0.717) is 17.8 Å². The number of hydrogen-bond donors (Lipinski definition) is 3. The molecular formula is C13H18N2O3. The molecule has 1 atom stereocenters. The van der Waals surface area contributed by atoms with Crippen LogP contribution in [0.25, 0.3) is 0 Å². The van der Waals surface area contributed by atoms with Crippen molar-refractivity contribution < 1.29 is 14.7 Å². The van der Waals surface area contributed by atoms with Gasteiger partial charge >= 0.3 is 0 Å². The van der Waals surface area contributed by atoms with Crippen LogP contribution < -0.4 is 10.6 Å². The van der Waals surface area contributed by atoms with Crippen LogP contribution in [0, 0.1) is 0 Å². The predicted octanol–water partition coefficient (Wildman–Crippen LogP) is 1.74. The third-order valence-electron chi connectivity index (χ3n) is 2.25. The van der Waals surface area contributed by atoms with Crippen LogP contribution in [0.1, 0.15) is 26.7 Å². The zero-order valence-electron chi connectivity index (χ0n) is 10.6. The average molecular weight is 250 g/mol. The summed E-state index contributed by atoms with van der Waals surface area (Å²) in [6.07, 6.45) is -0.172. The number of rotatable bonds is 5. The molecule has 1 aromatic carbocycles. The second kappa shape index (κ2) is 6.76. The maximum absolute atomic E-state index is 11.4. The molecule has 0 radical (unpaired) electrons. The highest BCUT2D eigenvalue weighted by Gasteiger charge is 2.06. The van der Waals surface area contributed by atoms with E-state index >= 15 is 0 Å². The summed E-state index contributed by atoms with van der Waals surface area (Å²) in [6.45, 7) is 3.34. The fraction of sp³-hybridized carbons (Fsp3) is 0.385. The Morgan fingerprint density at radius 2 is 1.56 bits per heavy atom. The highest BCUT2D eigenvalue weighted by molar-refractivity contribution is 5.92. The minimum Gasteiger partial charge on any atom is -0.393 e. The van der Waals surface area contributed by atoms with Crippen LogP contribution in [0.15, 0.2) is 24.3 Å². The predicted molar refractivity (Wildman–Crippen MR) is 70.3 cm³/mol. The summed E-state index contributed by atoms with van der Waals surface area (Å²) in [6, 6.07) is 6.83.